The molecule has 112 valence electrons. The maximum absolute atomic E-state index is 11.9. The molecular weight excluding hydrogens is 294 g/mol. The molecule has 1 saturated carbocycles. The van der Waals surface area contributed by atoms with Crippen LogP contribution in [0.2, 0.25) is 0 Å². The molecule has 1 aliphatic carbocycles. The van der Waals surface area contributed by atoms with Crippen molar-refractivity contribution in [2.24, 2.45) is 0 Å². The molecule has 3 nitrogen and oxygen atoms in total. The molecule has 1 N–H and O–H groups in total. The molecule has 0 atom stereocenters. The van der Waals surface area contributed by atoms with Gasteiger partial charge in [-0.3, -0.25) is 0 Å². The van der Waals surface area contributed by atoms with Gasteiger partial charge in [-0.2, -0.15) is 0 Å². The second kappa shape index (κ2) is 6.81. The monoisotopic (exact) mass is 315 g/mol. The summed E-state index contributed by atoms with van der Waals surface area (Å²) in [5, 5.41) is 3.77. The minimum absolute atomic E-state index is 0.208. The topological polar surface area (TPSA) is 46.2 Å². The maximum Gasteiger partial charge on any atom is 0.178 e. The van der Waals surface area contributed by atoms with Crippen LogP contribution in [0.5, 0.6) is 0 Å². The van der Waals surface area contributed by atoms with Crippen molar-refractivity contribution in [1.29, 1.82) is 0 Å². The number of hydrogen-bond donors (Lipinski definition) is 1. The zero-order valence-electron chi connectivity index (χ0n) is 11.8. The first-order valence-electron chi connectivity index (χ1n) is 7.24. The first-order chi connectivity index (χ1) is 9.51. The van der Waals surface area contributed by atoms with Gasteiger partial charge in [0.25, 0.3) is 0 Å². The molecule has 1 aliphatic rings. The Balaban J connectivity index is 1.98. The van der Waals surface area contributed by atoms with Crippen LogP contribution < -0.4 is 5.32 Å². The quantitative estimate of drug-likeness (QED) is 0.840. The molecule has 0 saturated heterocycles. The van der Waals surface area contributed by atoms with Crippen molar-refractivity contribution in [3.63, 3.8) is 0 Å². The van der Waals surface area contributed by atoms with E-state index in [1.807, 2.05) is 19.1 Å². The highest BCUT2D eigenvalue weighted by Gasteiger charge is 2.19. The Bertz CT molecular complexity index is 519. The predicted molar refractivity (Wildman–Crippen MR) is 84.3 cm³/mol. The van der Waals surface area contributed by atoms with E-state index in [1.54, 1.807) is 12.1 Å². The van der Waals surface area contributed by atoms with E-state index in [-0.39, 0.29) is 5.75 Å². The van der Waals surface area contributed by atoms with Crippen molar-refractivity contribution in [3.8, 4) is 0 Å². The van der Waals surface area contributed by atoms with Gasteiger partial charge in [0.1, 0.15) is 0 Å². The summed E-state index contributed by atoms with van der Waals surface area (Å²) < 4.78 is 23.9. The van der Waals surface area contributed by atoms with E-state index in [1.165, 1.54) is 0 Å². The molecule has 0 heterocycles. The number of benzene rings is 1. The average Bonchev–Trinajstić information content (AvgIpc) is 2.42. The van der Waals surface area contributed by atoms with Gasteiger partial charge in [0.05, 0.1) is 10.6 Å². The number of sulfone groups is 1. The molecular formula is C15H22ClNO2S. The van der Waals surface area contributed by atoms with Crippen LogP contribution in [-0.4, -0.2) is 25.6 Å². The SMILES string of the molecule is CCCS(=O)(=O)c1ccc(NC2CCC(Cl)CC2)cc1. The summed E-state index contributed by atoms with van der Waals surface area (Å²) >= 11 is 6.09. The van der Waals surface area contributed by atoms with E-state index >= 15 is 0 Å². The smallest absolute Gasteiger partial charge is 0.178 e. The van der Waals surface area contributed by atoms with Crippen molar-refractivity contribution in [3.05, 3.63) is 24.3 Å². The second-order valence-corrected chi connectivity index (χ2v) is 8.16. The molecule has 0 unspecified atom stereocenters. The van der Waals surface area contributed by atoms with Crippen LogP contribution in [0.25, 0.3) is 0 Å². The van der Waals surface area contributed by atoms with Crippen LogP contribution in [0.4, 0.5) is 5.69 Å². The van der Waals surface area contributed by atoms with E-state index in [0.29, 0.717) is 22.7 Å². The number of halogens is 1. The summed E-state index contributed by atoms with van der Waals surface area (Å²) in [4.78, 5) is 0.411. The molecule has 20 heavy (non-hydrogen) atoms. The van der Waals surface area contributed by atoms with Gasteiger partial charge in [0.15, 0.2) is 9.84 Å². The van der Waals surface area contributed by atoms with Gasteiger partial charge in [-0.25, -0.2) is 8.42 Å². The maximum atomic E-state index is 11.9. The number of alkyl halides is 1. The van der Waals surface area contributed by atoms with Crippen LogP contribution in [0.15, 0.2) is 29.2 Å². The molecule has 0 amide bonds. The Kier molecular flexibility index (Phi) is 5.33. The van der Waals surface area contributed by atoms with Crippen molar-refractivity contribution in [2.75, 3.05) is 11.1 Å². The van der Waals surface area contributed by atoms with E-state index in [9.17, 15) is 8.42 Å². The Morgan fingerprint density at radius 2 is 1.75 bits per heavy atom. The molecule has 1 fully saturated rings. The molecule has 0 aliphatic heterocycles. The normalized spacial score (nSPS) is 23.5. The largest absolute Gasteiger partial charge is 0.382 e. The third-order valence-electron chi connectivity index (χ3n) is 3.71. The summed E-state index contributed by atoms with van der Waals surface area (Å²) in [6, 6.07) is 7.55. The van der Waals surface area contributed by atoms with Crippen LogP contribution in [0, 0.1) is 0 Å². The van der Waals surface area contributed by atoms with Crippen molar-refractivity contribution < 1.29 is 8.42 Å². The minimum atomic E-state index is -3.11. The number of rotatable bonds is 5. The minimum Gasteiger partial charge on any atom is -0.382 e. The molecule has 0 aromatic heterocycles. The Morgan fingerprint density at radius 3 is 2.30 bits per heavy atom. The van der Waals surface area contributed by atoms with Crippen LogP contribution in [0.1, 0.15) is 39.0 Å². The summed E-state index contributed by atoms with van der Waals surface area (Å²) in [6.07, 6.45) is 4.88. The summed E-state index contributed by atoms with van der Waals surface area (Å²) in [5.74, 6) is 0.208. The van der Waals surface area contributed by atoms with Gasteiger partial charge in [0.2, 0.25) is 0 Å². The first kappa shape index (κ1) is 15.6. The highest BCUT2D eigenvalue weighted by atomic mass is 35.5. The van der Waals surface area contributed by atoms with Gasteiger partial charge in [0, 0.05) is 17.1 Å². The molecule has 0 spiro atoms. The van der Waals surface area contributed by atoms with Crippen LogP contribution in [-0.2, 0) is 9.84 Å². The van der Waals surface area contributed by atoms with Gasteiger partial charge >= 0.3 is 0 Å². The van der Waals surface area contributed by atoms with Gasteiger partial charge in [-0.15, -0.1) is 11.6 Å². The lowest BCUT2D eigenvalue weighted by Gasteiger charge is -2.26. The standard InChI is InChI=1S/C15H22ClNO2S/c1-2-11-20(18,19)15-9-7-14(8-10-15)17-13-5-3-12(16)4-6-13/h7-10,12-13,17H,2-6,11H2,1H3. The Labute approximate surface area is 126 Å². The fourth-order valence-electron chi connectivity index (χ4n) is 2.58. The lowest BCUT2D eigenvalue weighted by molar-refractivity contribution is 0.468. The number of nitrogens with one attached hydrogen (secondary N) is 1. The van der Waals surface area contributed by atoms with Gasteiger partial charge < -0.3 is 5.32 Å². The van der Waals surface area contributed by atoms with Crippen molar-refractivity contribution in [2.45, 2.75) is 55.3 Å². The van der Waals surface area contributed by atoms with E-state index in [2.05, 4.69) is 5.32 Å². The fourth-order valence-corrected chi connectivity index (χ4v) is 4.15. The lowest BCUT2D eigenvalue weighted by atomic mass is 9.95. The van der Waals surface area contributed by atoms with Crippen molar-refractivity contribution >= 4 is 27.1 Å². The summed E-state index contributed by atoms with van der Waals surface area (Å²) in [5.41, 5.74) is 0.985. The van der Waals surface area contributed by atoms with E-state index < -0.39 is 9.84 Å². The lowest BCUT2D eigenvalue weighted by Crippen LogP contribution is -2.26. The number of hydrogen-bond acceptors (Lipinski definition) is 3. The Morgan fingerprint density at radius 1 is 1.15 bits per heavy atom. The average molecular weight is 316 g/mol. The Hall–Kier alpha value is -0.740. The van der Waals surface area contributed by atoms with Crippen molar-refractivity contribution in [1.82, 2.24) is 0 Å². The zero-order chi connectivity index (χ0) is 14.6. The summed E-state index contributed by atoms with van der Waals surface area (Å²) in [6.45, 7) is 1.88. The van der Waals surface area contributed by atoms with Crippen LogP contribution in [0.3, 0.4) is 0 Å². The van der Waals surface area contributed by atoms with Gasteiger partial charge in [-0.05, 0) is 56.4 Å². The van der Waals surface area contributed by atoms with E-state index in [4.69, 9.17) is 11.6 Å². The van der Waals surface area contributed by atoms with Crippen LogP contribution >= 0.6 is 11.6 Å². The highest BCUT2D eigenvalue weighted by Crippen LogP contribution is 2.26. The molecule has 1 aromatic carbocycles. The molecule has 0 radical (unpaired) electrons. The third-order valence-corrected chi connectivity index (χ3v) is 6.09. The predicted octanol–water partition coefficient (Wildman–Crippen LogP) is 3.83. The fraction of sp³-hybridized carbons (Fsp3) is 0.600. The first-order valence-corrected chi connectivity index (χ1v) is 9.33. The zero-order valence-corrected chi connectivity index (χ0v) is 13.4. The summed E-state index contributed by atoms with van der Waals surface area (Å²) in [7, 11) is -3.11. The highest BCUT2D eigenvalue weighted by molar-refractivity contribution is 7.91. The van der Waals surface area contributed by atoms with E-state index in [0.717, 1.165) is 31.4 Å². The molecule has 0 bridgehead atoms. The third kappa shape index (κ3) is 4.13. The van der Waals surface area contributed by atoms with Gasteiger partial charge in [-0.1, -0.05) is 6.92 Å². The molecule has 1 aromatic rings. The second-order valence-electron chi connectivity index (χ2n) is 5.44. The number of anilines is 1. The molecule has 5 heteroatoms. The molecule has 2 rings (SSSR count).